The Hall–Kier alpha value is -2.77. The van der Waals surface area contributed by atoms with E-state index in [0.29, 0.717) is 37.4 Å². The van der Waals surface area contributed by atoms with E-state index in [-0.39, 0.29) is 18.1 Å². The van der Waals surface area contributed by atoms with Gasteiger partial charge in [-0.05, 0) is 35.9 Å². The minimum Gasteiger partial charge on any atom is -0.494 e. The van der Waals surface area contributed by atoms with Crippen molar-refractivity contribution in [2.75, 3.05) is 38.2 Å². The predicted molar refractivity (Wildman–Crippen MR) is 96.9 cm³/mol. The van der Waals surface area contributed by atoms with Gasteiger partial charge in [0.05, 0.1) is 19.1 Å². The molecule has 4 nitrogen and oxygen atoms in total. The molecule has 0 bridgehead atoms. The topological polar surface area (TPSA) is 32.8 Å². The second-order valence-corrected chi connectivity index (χ2v) is 6.56. The Morgan fingerprint density at radius 1 is 1.07 bits per heavy atom. The summed E-state index contributed by atoms with van der Waals surface area (Å²) in [6.07, 6.45) is -4.33. The zero-order valence-corrected chi connectivity index (χ0v) is 15.3. The summed E-state index contributed by atoms with van der Waals surface area (Å²) in [6.45, 7) is 1.66. The third kappa shape index (κ3) is 4.55. The van der Waals surface area contributed by atoms with E-state index in [0.717, 1.165) is 12.1 Å². The molecular formula is C20H20F4N2O2. The zero-order chi connectivity index (χ0) is 20.3. The number of nitrogens with zero attached hydrogens (tertiary/aromatic N) is 2. The summed E-state index contributed by atoms with van der Waals surface area (Å²) in [5.41, 5.74) is 0.341. The van der Waals surface area contributed by atoms with Crippen molar-refractivity contribution in [1.29, 1.82) is 0 Å². The molecule has 0 atom stereocenters. The molecule has 1 fully saturated rings. The lowest BCUT2D eigenvalue weighted by Crippen LogP contribution is -2.49. The number of carbonyl (C=O) groups is 1. The summed E-state index contributed by atoms with van der Waals surface area (Å²) in [5.74, 6) is -0.554. The van der Waals surface area contributed by atoms with E-state index in [1.807, 2.05) is 4.90 Å². The van der Waals surface area contributed by atoms with Gasteiger partial charge in [0.2, 0.25) is 5.91 Å². The number of hydrogen-bond donors (Lipinski definition) is 0. The minimum absolute atomic E-state index is 0.0600. The van der Waals surface area contributed by atoms with Gasteiger partial charge in [0.25, 0.3) is 0 Å². The van der Waals surface area contributed by atoms with Gasteiger partial charge < -0.3 is 14.5 Å². The molecule has 2 aromatic carbocycles. The average Bonchev–Trinajstić information content (AvgIpc) is 2.68. The number of hydrogen-bond acceptors (Lipinski definition) is 3. The highest BCUT2D eigenvalue weighted by molar-refractivity contribution is 5.79. The first-order valence-corrected chi connectivity index (χ1v) is 8.80. The van der Waals surface area contributed by atoms with Crippen LogP contribution in [0, 0.1) is 5.82 Å². The van der Waals surface area contributed by atoms with Crippen LogP contribution in [0.15, 0.2) is 42.5 Å². The van der Waals surface area contributed by atoms with Crippen LogP contribution in [0.4, 0.5) is 23.2 Å². The second-order valence-electron chi connectivity index (χ2n) is 6.56. The van der Waals surface area contributed by atoms with Crippen LogP contribution in [0.1, 0.15) is 11.1 Å². The maximum atomic E-state index is 13.8. The summed E-state index contributed by atoms with van der Waals surface area (Å²) >= 11 is 0. The first kappa shape index (κ1) is 20.0. The summed E-state index contributed by atoms with van der Waals surface area (Å²) in [7, 11) is 1.37. The van der Waals surface area contributed by atoms with Crippen LogP contribution in [0.3, 0.4) is 0 Å². The summed E-state index contributed by atoms with van der Waals surface area (Å²) in [5, 5.41) is 0. The average molecular weight is 396 g/mol. The molecule has 1 amide bonds. The molecule has 8 heteroatoms. The van der Waals surface area contributed by atoms with Crippen LogP contribution in [0.25, 0.3) is 0 Å². The summed E-state index contributed by atoms with van der Waals surface area (Å²) in [4.78, 5) is 15.9. The van der Waals surface area contributed by atoms with E-state index in [1.165, 1.54) is 25.3 Å². The molecule has 0 aromatic heterocycles. The highest BCUT2D eigenvalue weighted by Gasteiger charge is 2.31. The van der Waals surface area contributed by atoms with Crippen LogP contribution in [-0.4, -0.2) is 44.1 Å². The van der Waals surface area contributed by atoms with Gasteiger partial charge in [-0.25, -0.2) is 4.39 Å². The standard InChI is InChI=1S/C20H20F4N2O2/c1-28-18-6-5-14(11-17(18)21)12-19(27)26-9-7-25(8-10-26)16-4-2-3-15(13-16)20(22,23)24/h2-6,11,13H,7-10,12H2,1H3. The Bertz CT molecular complexity index is 846. The predicted octanol–water partition coefficient (Wildman–Crippen LogP) is 3.74. The van der Waals surface area contributed by atoms with Gasteiger partial charge in [-0.1, -0.05) is 12.1 Å². The Labute approximate surface area is 160 Å². The van der Waals surface area contributed by atoms with Crippen molar-refractivity contribution in [3.63, 3.8) is 0 Å². The van der Waals surface area contributed by atoms with Crippen molar-refractivity contribution in [1.82, 2.24) is 4.90 Å². The number of carbonyl (C=O) groups excluding carboxylic acids is 1. The quantitative estimate of drug-likeness (QED) is 0.738. The Kier molecular flexibility index (Phi) is 5.76. The van der Waals surface area contributed by atoms with Crippen LogP contribution in [-0.2, 0) is 17.4 Å². The molecule has 3 rings (SSSR count). The molecular weight excluding hydrogens is 376 g/mol. The van der Waals surface area contributed by atoms with E-state index < -0.39 is 17.6 Å². The largest absolute Gasteiger partial charge is 0.494 e. The van der Waals surface area contributed by atoms with E-state index in [9.17, 15) is 22.4 Å². The number of anilines is 1. The summed E-state index contributed by atoms with van der Waals surface area (Å²) < 4.78 is 57.3. The van der Waals surface area contributed by atoms with Crippen molar-refractivity contribution in [2.24, 2.45) is 0 Å². The molecule has 0 radical (unpaired) electrons. The van der Waals surface area contributed by atoms with Gasteiger partial charge in [-0.3, -0.25) is 4.79 Å². The van der Waals surface area contributed by atoms with Gasteiger partial charge in [0, 0.05) is 31.9 Å². The van der Waals surface area contributed by atoms with Gasteiger partial charge in [0.15, 0.2) is 11.6 Å². The van der Waals surface area contributed by atoms with E-state index in [1.54, 1.807) is 17.0 Å². The molecule has 1 heterocycles. The molecule has 0 N–H and O–H groups in total. The smallest absolute Gasteiger partial charge is 0.416 e. The fourth-order valence-corrected chi connectivity index (χ4v) is 3.20. The molecule has 0 saturated carbocycles. The number of benzene rings is 2. The molecule has 1 saturated heterocycles. The SMILES string of the molecule is COc1ccc(CC(=O)N2CCN(c3cccc(C(F)(F)F)c3)CC2)cc1F. The first-order chi connectivity index (χ1) is 13.3. The third-order valence-electron chi connectivity index (χ3n) is 4.74. The van der Waals surface area contributed by atoms with Gasteiger partial charge in [0.1, 0.15) is 0 Å². The fourth-order valence-electron chi connectivity index (χ4n) is 3.20. The maximum Gasteiger partial charge on any atom is 0.416 e. The number of ether oxygens (including phenoxy) is 1. The Balaban J connectivity index is 1.59. The molecule has 0 aliphatic carbocycles. The van der Waals surface area contributed by atoms with Gasteiger partial charge in [-0.15, -0.1) is 0 Å². The zero-order valence-electron chi connectivity index (χ0n) is 15.3. The minimum atomic E-state index is -4.39. The van der Waals surface area contributed by atoms with Crippen LogP contribution in [0.5, 0.6) is 5.75 Å². The first-order valence-electron chi connectivity index (χ1n) is 8.80. The third-order valence-corrected chi connectivity index (χ3v) is 4.74. The number of amides is 1. The molecule has 2 aromatic rings. The second kappa shape index (κ2) is 8.08. The van der Waals surface area contributed by atoms with Gasteiger partial charge >= 0.3 is 6.18 Å². The molecule has 0 unspecified atom stereocenters. The molecule has 1 aliphatic heterocycles. The number of piperazine rings is 1. The maximum absolute atomic E-state index is 13.8. The number of rotatable bonds is 4. The Morgan fingerprint density at radius 2 is 1.79 bits per heavy atom. The molecule has 1 aliphatic rings. The van der Waals surface area contributed by atoms with Crippen molar-refractivity contribution < 1.29 is 27.1 Å². The highest BCUT2D eigenvalue weighted by Crippen LogP contribution is 2.32. The fraction of sp³-hybridized carbons (Fsp3) is 0.350. The summed E-state index contributed by atoms with van der Waals surface area (Å²) in [6, 6.07) is 9.56. The number of methoxy groups -OCH3 is 1. The molecule has 28 heavy (non-hydrogen) atoms. The monoisotopic (exact) mass is 396 g/mol. The van der Waals surface area contributed by atoms with Crippen molar-refractivity contribution in [3.8, 4) is 5.75 Å². The lowest BCUT2D eigenvalue weighted by atomic mass is 10.1. The Morgan fingerprint density at radius 3 is 2.39 bits per heavy atom. The molecule has 150 valence electrons. The van der Waals surface area contributed by atoms with Crippen LogP contribution >= 0.6 is 0 Å². The van der Waals surface area contributed by atoms with Gasteiger partial charge in [-0.2, -0.15) is 13.2 Å². The normalized spacial score (nSPS) is 14.9. The van der Waals surface area contributed by atoms with Crippen molar-refractivity contribution >= 4 is 11.6 Å². The van der Waals surface area contributed by atoms with E-state index >= 15 is 0 Å². The van der Waals surface area contributed by atoms with E-state index in [4.69, 9.17) is 4.74 Å². The van der Waals surface area contributed by atoms with Crippen molar-refractivity contribution in [3.05, 3.63) is 59.4 Å². The van der Waals surface area contributed by atoms with Crippen molar-refractivity contribution in [2.45, 2.75) is 12.6 Å². The molecule has 0 spiro atoms. The lowest BCUT2D eigenvalue weighted by molar-refractivity contribution is -0.137. The highest BCUT2D eigenvalue weighted by atomic mass is 19.4. The number of alkyl halides is 3. The van der Waals surface area contributed by atoms with Crippen LogP contribution in [0.2, 0.25) is 0 Å². The van der Waals surface area contributed by atoms with E-state index in [2.05, 4.69) is 0 Å². The van der Waals surface area contributed by atoms with Crippen LogP contribution < -0.4 is 9.64 Å². The lowest BCUT2D eigenvalue weighted by Gasteiger charge is -2.36. The number of halogens is 4.